The molecule has 0 radical (unpaired) electrons. The number of hydrogen-bond acceptors (Lipinski definition) is 2. The van der Waals surface area contributed by atoms with Crippen LogP contribution in [0.2, 0.25) is 54.4 Å². The van der Waals surface area contributed by atoms with Gasteiger partial charge in [0.15, 0.2) is 0 Å². The molecule has 0 rings (SSSR count). The molecule has 0 N–H and O–H groups in total. The molecule has 6 heteroatoms. The lowest BCUT2D eigenvalue weighted by molar-refractivity contribution is -0.134. The molecule has 0 saturated heterocycles. The van der Waals surface area contributed by atoms with Gasteiger partial charge in [0.1, 0.15) is 0 Å². The first-order valence-corrected chi connectivity index (χ1v) is 24.7. The molecule has 0 aromatic carbocycles. The van der Waals surface area contributed by atoms with Crippen molar-refractivity contribution in [2.75, 3.05) is 0 Å². The third kappa shape index (κ3) is 4.15. The van der Waals surface area contributed by atoms with Gasteiger partial charge in [-0.1, -0.05) is 124 Å². The van der Waals surface area contributed by atoms with Gasteiger partial charge in [-0.05, 0) is 0 Å². The minimum absolute atomic E-state index is 0.147. The molecule has 0 bridgehead atoms. The van der Waals surface area contributed by atoms with Gasteiger partial charge in [-0.15, -0.1) is 0 Å². The van der Waals surface area contributed by atoms with Crippen LogP contribution in [0.15, 0.2) is 0 Å². The first kappa shape index (κ1) is 27.3. The Morgan fingerprint density at radius 1 is 0.519 bits per heavy atom. The summed E-state index contributed by atoms with van der Waals surface area (Å²) in [4.78, 5) is 13.1. The van der Waals surface area contributed by atoms with Crippen molar-refractivity contribution in [2.45, 2.75) is 130 Å². The van der Waals surface area contributed by atoms with Crippen molar-refractivity contribution in [1.29, 1.82) is 0 Å². The van der Waals surface area contributed by atoms with E-state index in [0.29, 0.717) is 6.42 Å². The smallest absolute Gasteiger partial charge is 0.291 e. The molecule has 0 unspecified atom stereocenters. The summed E-state index contributed by atoms with van der Waals surface area (Å²) in [5.74, 6) is 0.147. The van der Waals surface area contributed by atoms with Gasteiger partial charge in [0.05, 0.1) is 22.8 Å². The summed E-state index contributed by atoms with van der Waals surface area (Å²) in [6.07, 6.45) is 0.555. The monoisotopic (exact) mass is 446 g/mol. The Morgan fingerprint density at radius 2 is 0.741 bits per heavy atom. The van der Waals surface area contributed by atoms with E-state index < -0.39 is 29.6 Å². The summed E-state index contributed by atoms with van der Waals surface area (Å²) in [6, 6.07) is 11.9. The van der Waals surface area contributed by atoms with E-state index in [9.17, 15) is 4.79 Å². The van der Waals surface area contributed by atoms with E-state index in [-0.39, 0.29) is 5.97 Å². The van der Waals surface area contributed by atoms with Gasteiger partial charge in [-0.2, -0.15) is 0 Å². The van der Waals surface area contributed by atoms with E-state index in [0.717, 1.165) is 0 Å². The van der Waals surface area contributed by atoms with Crippen LogP contribution >= 0.6 is 0 Å². The number of rotatable bonds is 14. The lowest BCUT2D eigenvalue weighted by Gasteiger charge is -2.63. The van der Waals surface area contributed by atoms with Gasteiger partial charge in [0.2, 0.25) is 6.87 Å². The maximum absolute atomic E-state index is 13.1. The van der Waals surface area contributed by atoms with Gasteiger partial charge in [0, 0.05) is 6.42 Å². The largest absolute Gasteiger partial charge is 0.528 e. The van der Waals surface area contributed by atoms with Crippen molar-refractivity contribution >= 4 is 35.6 Å². The first-order chi connectivity index (χ1) is 12.8. The Balaban J connectivity index is 7.48. The average Bonchev–Trinajstić information content (AvgIpc) is 2.72. The molecule has 0 heterocycles. The molecule has 0 saturated carbocycles. The van der Waals surface area contributed by atoms with Crippen molar-refractivity contribution in [2.24, 2.45) is 0 Å². The van der Waals surface area contributed by atoms with Gasteiger partial charge in [-0.3, -0.25) is 4.79 Å². The minimum Gasteiger partial charge on any atom is -0.528 e. The molecule has 0 aromatic heterocycles. The van der Waals surface area contributed by atoms with E-state index in [4.69, 9.17) is 4.43 Å². The van der Waals surface area contributed by atoms with Gasteiger partial charge in [0.25, 0.3) is 5.97 Å². The van der Waals surface area contributed by atoms with E-state index in [1.54, 1.807) is 0 Å². The number of carbonyl (C=O) groups is 1. The number of hydrogen-bond donors (Lipinski definition) is 0. The van der Waals surface area contributed by atoms with Crippen LogP contribution in [0.5, 0.6) is 0 Å². The molecule has 162 valence electrons. The predicted octanol–water partition coefficient (Wildman–Crippen LogP) is 7.65. The minimum atomic E-state index is -2.15. The maximum atomic E-state index is 13.1. The SMILES string of the molecule is CCC(=O)O[Si]([Si](CC)(CC)CC)([Si](CC)(CC)CC)[Si](CC)(CC)CC. The van der Waals surface area contributed by atoms with Crippen molar-refractivity contribution in [1.82, 2.24) is 0 Å². The van der Waals surface area contributed by atoms with Crippen LogP contribution < -0.4 is 0 Å². The second-order valence-corrected chi connectivity index (χ2v) is 44.5. The fourth-order valence-electron chi connectivity index (χ4n) is 6.75. The normalized spacial score (nSPS) is 13.7. The van der Waals surface area contributed by atoms with E-state index in [1.165, 1.54) is 54.4 Å². The topological polar surface area (TPSA) is 26.3 Å². The highest BCUT2D eigenvalue weighted by molar-refractivity contribution is 7.88. The van der Waals surface area contributed by atoms with E-state index in [2.05, 4.69) is 62.3 Å². The molecule has 0 spiro atoms. The summed E-state index contributed by atoms with van der Waals surface area (Å²) >= 11 is 0. The van der Waals surface area contributed by atoms with Crippen LogP contribution in [-0.4, -0.2) is 35.6 Å². The molecular formula is C21H50O2Si4. The van der Waals surface area contributed by atoms with Crippen molar-refractivity contribution in [3.8, 4) is 0 Å². The quantitative estimate of drug-likeness (QED) is 0.256. The zero-order chi connectivity index (χ0) is 21.4. The first-order valence-electron chi connectivity index (χ1n) is 12.0. The van der Waals surface area contributed by atoms with Crippen molar-refractivity contribution < 1.29 is 9.22 Å². The third-order valence-electron chi connectivity index (χ3n) is 8.89. The highest BCUT2D eigenvalue weighted by Crippen LogP contribution is 2.51. The molecule has 0 aliphatic heterocycles. The Bertz CT molecular complexity index is 366. The van der Waals surface area contributed by atoms with Gasteiger partial charge >= 0.3 is 0 Å². The standard InChI is InChI=1S/C21H50O2Si4/c1-11-21(22)23-27(24(12-2,13-3)14-4,25(15-5,16-6)17-7)26(18-8,19-9)20-10/h11-20H2,1-10H3. The highest BCUT2D eigenvalue weighted by atomic mass is 29.9. The fraction of sp³-hybridized carbons (Fsp3) is 0.952. The molecule has 0 amide bonds. The average molecular weight is 447 g/mol. The molecule has 27 heavy (non-hydrogen) atoms. The Morgan fingerprint density at radius 3 is 0.889 bits per heavy atom. The molecule has 0 fully saturated rings. The molecule has 0 aliphatic carbocycles. The van der Waals surface area contributed by atoms with Gasteiger partial charge < -0.3 is 4.43 Å². The van der Waals surface area contributed by atoms with E-state index in [1.807, 2.05) is 6.92 Å². The summed E-state index contributed by atoms with van der Waals surface area (Å²) in [6.45, 7) is 22.0. The fourth-order valence-corrected chi connectivity index (χ4v) is 106. The Labute approximate surface area is 174 Å². The molecular weight excluding hydrogens is 397 g/mol. The molecule has 0 aromatic rings. The Kier molecular flexibility index (Phi) is 11.6. The molecule has 2 nitrogen and oxygen atoms in total. The highest BCUT2D eigenvalue weighted by Gasteiger charge is 2.74. The van der Waals surface area contributed by atoms with Crippen LogP contribution in [0.3, 0.4) is 0 Å². The summed E-state index contributed by atoms with van der Waals surface area (Å²) < 4.78 is 7.19. The van der Waals surface area contributed by atoms with Crippen LogP contribution in [0.1, 0.15) is 75.7 Å². The van der Waals surface area contributed by atoms with Gasteiger partial charge in [-0.25, -0.2) is 0 Å². The zero-order valence-corrected chi connectivity index (χ0v) is 24.4. The van der Waals surface area contributed by atoms with Crippen molar-refractivity contribution in [3.05, 3.63) is 0 Å². The van der Waals surface area contributed by atoms with Crippen molar-refractivity contribution in [3.63, 3.8) is 0 Å². The van der Waals surface area contributed by atoms with Crippen LogP contribution in [0.4, 0.5) is 0 Å². The van der Waals surface area contributed by atoms with Crippen LogP contribution in [0.25, 0.3) is 0 Å². The zero-order valence-electron chi connectivity index (χ0n) is 20.4. The second-order valence-electron chi connectivity index (χ2n) is 8.53. The second kappa shape index (κ2) is 11.5. The summed E-state index contributed by atoms with van der Waals surface area (Å²) in [5, 5.41) is 0. The number of carbonyl (C=O) groups excluding carboxylic acids is 1. The lowest BCUT2D eigenvalue weighted by atomic mass is 10.5. The van der Waals surface area contributed by atoms with E-state index >= 15 is 0 Å². The summed E-state index contributed by atoms with van der Waals surface area (Å²) in [7, 11) is -4.96. The predicted molar refractivity (Wildman–Crippen MR) is 134 cm³/mol. The third-order valence-corrected chi connectivity index (χ3v) is 78.6. The maximum Gasteiger partial charge on any atom is 0.291 e. The lowest BCUT2D eigenvalue weighted by Crippen LogP contribution is -2.89. The summed E-state index contributed by atoms with van der Waals surface area (Å²) in [5.41, 5.74) is 0. The Hall–Kier alpha value is 0.338. The molecule has 0 atom stereocenters. The van der Waals surface area contributed by atoms with Crippen LogP contribution in [-0.2, 0) is 9.22 Å². The molecule has 0 aliphatic rings. The van der Waals surface area contributed by atoms with Crippen LogP contribution in [0, 0.1) is 0 Å².